The monoisotopic (exact) mass is 366 g/mol. The smallest absolute Gasteiger partial charge is 0.313 e. The molecule has 0 bridgehead atoms. The summed E-state index contributed by atoms with van der Waals surface area (Å²) in [7, 11) is 0. The predicted octanol–water partition coefficient (Wildman–Crippen LogP) is 3.16. The van der Waals surface area contributed by atoms with Crippen molar-refractivity contribution in [2.24, 2.45) is 11.8 Å². The molecule has 0 radical (unpaired) electrons. The number of benzene rings is 1. The lowest BCUT2D eigenvalue weighted by Gasteiger charge is -2.42. The first-order chi connectivity index (χ1) is 12.9. The molecule has 2 aromatic rings. The van der Waals surface area contributed by atoms with Crippen LogP contribution in [0.5, 0.6) is 0 Å². The first-order valence-corrected chi connectivity index (χ1v) is 9.25. The normalized spacial score (nSPS) is 22.3. The zero-order chi connectivity index (χ0) is 19.6. The summed E-state index contributed by atoms with van der Waals surface area (Å²) < 4.78 is 0. The van der Waals surface area contributed by atoms with Gasteiger partial charge in [0.1, 0.15) is 5.82 Å². The van der Waals surface area contributed by atoms with Crippen LogP contribution in [0, 0.1) is 18.8 Å². The summed E-state index contributed by atoms with van der Waals surface area (Å²) in [5.41, 5.74) is 7.99. The van der Waals surface area contributed by atoms with Crippen molar-refractivity contribution in [3.8, 4) is 0 Å². The number of rotatable bonds is 2. The number of hydrogen-bond acceptors (Lipinski definition) is 4. The summed E-state index contributed by atoms with van der Waals surface area (Å²) in [5, 5.41) is 2.66. The Morgan fingerprint density at radius 3 is 2.59 bits per heavy atom. The molecule has 1 aromatic heterocycles. The highest BCUT2D eigenvalue weighted by atomic mass is 16.2. The average molecular weight is 366 g/mol. The van der Waals surface area contributed by atoms with Crippen LogP contribution in [0.2, 0.25) is 0 Å². The Hall–Kier alpha value is -2.89. The van der Waals surface area contributed by atoms with Crippen molar-refractivity contribution in [1.82, 2.24) is 9.88 Å². The number of carbonyl (C=O) groups excluding carboxylic acids is 2. The number of aryl methyl sites for hydroxylation is 1. The maximum absolute atomic E-state index is 13.0. The molecule has 2 heterocycles. The lowest BCUT2D eigenvalue weighted by molar-refractivity contribution is -0.147. The minimum atomic E-state index is -0.650. The first-order valence-electron chi connectivity index (χ1n) is 9.25. The molecular formula is C21H26N4O2. The molecule has 0 spiro atoms. The average Bonchev–Trinajstić information content (AvgIpc) is 2.64. The summed E-state index contributed by atoms with van der Waals surface area (Å²) in [5.74, 6) is -0.146. The van der Waals surface area contributed by atoms with Crippen molar-refractivity contribution in [2.45, 2.75) is 33.2 Å². The molecule has 3 N–H and O–H groups in total. The van der Waals surface area contributed by atoms with Gasteiger partial charge in [0, 0.05) is 6.54 Å². The van der Waals surface area contributed by atoms with Gasteiger partial charge >= 0.3 is 11.8 Å². The maximum atomic E-state index is 13.0. The van der Waals surface area contributed by atoms with E-state index >= 15 is 0 Å². The van der Waals surface area contributed by atoms with Gasteiger partial charge in [-0.15, -0.1) is 0 Å². The Labute approximate surface area is 159 Å². The fourth-order valence-electron chi connectivity index (χ4n) is 3.93. The first kappa shape index (κ1) is 18.9. The van der Waals surface area contributed by atoms with Gasteiger partial charge in [0.25, 0.3) is 0 Å². The van der Waals surface area contributed by atoms with E-state index in [0.717, 1.165) is 17.5 Å². The molecule has 6 heteroatoms. The van der Waals surface area contributed by atoms with Crippen LogP contribution < -0.4 is 11.1 Å². The lowest BCUT2D eigenvalue weighted by Crippen LogP contribution is -2.49. The Bertz CT molecular complexity index is 837. The summed E-state index contributed by atoms with van der Waals surface area (Å²) in [4.78, 5) is 31.4. The zero-order valence-corrected chi connectivity index (χ0v) is 16.0. The molecule has 1 aliphatic heterocycles. The van der Waals surface area contributed by atoms with E-state index in [4.69, 9.17) is 5.73 Å². The number of likely N-dealkylation sites (tertiary alicyclic amines) is 1. The Balaban J connectivity index is 1.83. The third-order valence-corrected chi connectivity index (χ3v) is 5.13. The summed E-state index contributed by atoms with van der Waals surface area (Å²) >= 11 is 0. The lowest BCUT2D eigenvalue weighted by atomic mass is 9.81. The summed E-state index contributed by atoms with van der Waals surface area (Å²) in [6.07, 6.45) is 2.48. The van der Waals surface area contributed by atoms with Gasteiger partial charge < -0.3 is 16.0 Å². The van der Waals surface area contributed by atoms with E-state index in [9.17, 15) is 9.59 Å². The molecule has 6 nitrogen and oxygen atoms in total. The molecule has 0 aliphatic carbocycles. The SMILES string of the molecule is Cc1cc(NC(=O)C(=O)N2C[C@H](C)C[C@@H](C)[C@H]2c2ccccc2)cnc1N. The molecule has 2 amide bonds. The van der Waals surface area contributed by atoms with Gasteiger partial charge in [-0.3, -0.25) is 9.59 Å². The predicted molar refractivity (Wildman–Crippen MR) is 106 cm³/mol. The van der Waals surface area contributed by atoms with Crippen LogP contribution in [-0.4, -0.2) is 28.2 Å². The molecule has 0 saturated carbocycles. The second-order valence-electron chi connectivity index (χ2n) is 7.51. The zero-order valence-electron chi connectivity index (χ0n) is 16.0. The van der Waals surface area contributed by atoms with Gasteiger partial charge in [0.15, 0.2) is 0 Å². The second kappa shape index (κ2) is 7.78. The van der Waals surface area contributed by atoms with E-state index in [0.29, 0.717) is 24.0 Å². The fourth-order valence-corrected chi connectivity index (χ4v) is 3.93. The molecule has 1 fully saturated rings. The topological polar surface area (TPSA) is 88.3 Å². The maximum Gasteiger partial charge on any atom is 0.313 e. The van der Waals surface area contributed by atoms with Gasteiger partial charge in [-0.05, 0) is 42.4 Å². The van der Waals surface area contributed by atoms with Gasteiger partial charge in [-0.2, -0.15) is 0 Å². The molecule has 27 heavy (non-hydrogen) atoms. The summed E-state index contributed by atoms with van der Waals surface area (Å²) in [6.45, 7) is 6.62. The number of anilines is 2. The number of aromatic nitrogens is 1. The molecule has 142 valence electrons. The molecule has 1 saturated heterocycles. The number of nitrogens with one attached hydrogen (secondary N) is 1. The van der Waals surface area contributed by atoms with Crippen LogP contribution >= 0.6 is 0 Å². The van der Waals surface area contributed by atoms with E-state index in [2.05, 4.69) is 24.1 Å². The fraction of sp³-hybridized carbons (Fsp3) is 0.381. The Kier molecular flexibility index (Phi) is 5.44. The molecule has 3 atom stereocenters. The highest BCUT2D eigenvalue weighted by Crippen LogP contribution is 2.38. The number of nitrogens with two attached hydrogens (primary N) is 1. The van der Waals surface area contributed by atoms with Crippen molar-refractivity contribution in [1.29, 1.82) is 0 Å². The Morgan fingerprint density at radius 1 is 1.22 bits per heavy atom. The van der Waals surface area contributed by atoms with Gasteiger partial charge in [0.2, 0.25) is 0 Å². The number of nitrogen functional groups attached to an aromatic ring is 1. The standard InChI is InChI=1S/C21H26N4O2/c1-13-9-14(2)18(16-7-5-4-6-8-16)25(12-13)21(27)20(26)24-17-10-15(3)19(22)23-11-17/h4-8,10-11,13-14,18H,9,12H2,1-3H3,(H2,22,23)(H,24,26)/t13-,14-,18+/m1/s1. The number of carbonyl (C=O) groups is 2. The van der Waals surface area contributed by atoms with E-state index in [1.165, 1.54) is 6.20 Å². The second-order valence-corrected chi connectivity index (χ2v) is 7.51. The molecule has 1 aromatic carbocycles. The Morgan fingerprint density at radius 2 is 1.93 bits per heavy atom. The molecular weight excluding hydrogens is 340 g/mol. The van der Waals surface area contributed by atoms with Crippen LogP contribution in [0.3, 0.4) is 0 Å². The van der Waals surface area contributed by atoms with Gasteiger partial charge in [0.05, 0.1) is 17.9 Å². The highest BCUT2D eigenvalue weighted by Gasteiger charge is 2.38. The van der Waals surface area contributed by atoms with Crippen LogP contribution in [0.1, 0.15) is 37.4 Å². The minimum Gasteiger partial charge on any atom is -0.383 e. The van der Waals surface area contributed by atoms with Crippen LogP contribution in [0.25, 0.3) is 0 Å². The third kappa shape index (κ3) is 4.10. The highest BCUT2D eigenvalue weighted by molar-refractivity contribution is 6.39. The number of nitrogens with zero attached hydrogens (tertiary/aromatic N) is 2. The van der Waals surface area contributed by atoms with Crippen LogP contribution in [0.4, 0.5) is 11.5 Å². The number of hydrogen-bond donors (Lipinski definition) is 2. The van der Waals surface area contributed by atoms with Gasteiger partial charge in [-0.25, -0.2) is 4.98 Å². The van der Waals surface area contributed by atoms with E-state index in [1.54, 1.807) is 17.9 Å². The number of pyridine rings is 1. The van der Waals surface area contributed by atoms with Crippen LogP contribution in [-0.2, 0) is 9.59 Å². The van der Waals surface area contributed by atoms with E-state index in [1.807, 2.05) is 30.3 Å². The largest absolute Gasteiger partial charge is 0.383 e. The van der Waals surface area contributed by atoms with Crippen LogP contribution in [0.15, 0.2) is 42.6 Å². The number of piperidine rings is 1. The van der Waals surface area contributed by atoms with Crippen molar-refractivity contribution in [3.05, 3.63) is 53.7 Å². The van der Waals surface area contributed by atoms with E-state index in [-0.39, 0.29) is 12.0 Å². The van der Waals surface area contributed by atoms with E-state index < -0.39 is 11.8 Å². The third-order valence-electron chi connectivity index (χ3n) is 5.13. The minimum absolute atomic E-state index is 0.105. The molecule has 0 unspecified atom stereocenters. The van der Waals surface area contributed by atoms with Gasteiger partial charge in [-0.1, -0.05) is 44.2 Å². The van der Waals surface area contributed by atoms with Crippen molar-refractivity contribution >= 4 is 23.3 Å². The quantitative estimate of drug-likeness (QED) is 0.799. The summed E-state index contributed by atoms with van der Waals surface area (Å²) in [6, 6.07) is 11.5. The van der Waals surface area contributed by atoms with Crippen molar-refractivity contribution in [2.75, 3.05) is 17.6 Å². The molecule has 1 aliphatic rings. The van der Waals surface area contributed by atoms with Crippen molar-refractivity contribution < 1.29 is 9.59 Å². The molecule has 3 rings (SSSR count). The number of amides is 2. The van der Waals surface area contributed by atoms with Crippen molar-refractivity contribution in [3.63, 3.8) is 0 Å².